The summed E-state index contributed by atoms with van der Waals surface area (Å²) in [5.74, 6) is -0.719. The topological polar surface area (TPSA) is 62.2 Å². The molecule has 33 heavy (non-hydrogen) atoms. The van der Waals surface area contributed by atoms with Crippen LogP contribution in [0.15, 0.2) is 53.6 Å². The first kappa shape index (κ1) is 23.4. The lowest BCUT2D eigenvalue weighted by molar-refractivity contribution is -0.149. The van der Waals surface area contributed by atoms with Crippen molar-refractivity contribution in [3.05, 3.63) is 70.5 Å². The van der Waals surface area contributed by atoms with Crippen LogP contribution in [0.3, 0.4) is 0 Å². The van der Waals surface area contributed by atoms with Gasteiger partial charge in [0.05, 0.1) is 30.8 Å². The average molecular weight is 472 g/mol. The monoisotopic (exact) mass is 471 g/mol. The van der Waals surface area contributed by atoms with Crippen molar-refractivity contribution in [2.75, 3.05) is 26.2 Å². The molecular weight excluding hydrogens is 445 g/mol. The third-order valence-corrected chi connectivity index (χ3v) is 6.52. The van der Waals surface area contributed by atoms with Gasteiger partial charge in [-0.05, 0) is 62.2 Å². The number of carbonyl (C=O) groups excluding carboxylic acids is 2. The van der Waals surface area contributed by atoms with Crippen LogP contribution in [0.2, 0.25) is 5.02 Å². The molecule has 6 nitrogen and oxygen atoms in total. The van der Waals surface area contributed by atoms with E-state index in [0.717, 1.165) is 11.1 Å². The average Bonchev–Trinajstić information content (AvgIpc) is 3.26. The summed E-state index contributed by atoms with van der Waals surface area (Å²) in [6.45, 7) is 3.68. The Bertz CT molecular complexity index is 1040. The molecule has 0 bridgehead atoms. The minimum atomic E-state index is -0.330. The number of hydrazone groups is 1. The molecule has 4 rings (SSSR count). The summed E-state index contributed by atoms with van der Waals surface area (Å²) in [6, 6.07) is 13.2. The lowest BCUT2D eigenvalue weighted by atomic mass is 9.97. The van der Waals surface area contributed by atoms with Crippen molar-refractivity contribution in [2.45, 2.75) is 32.2 Å². The molecule has 1 amide bonds. The molecule has 2 aromatic rings. The predicted molar refractivity (Wildman–Crippen MR) is 124 cm³/mol. The van der Waals surface area contributed by atoms with Crippen molar-refractivity contribution >= 4 is 29.2 Å². The highest BCUT2D eigenvalue weighted by Gasteiger charge is 2.35. The number of piperidine rings is 1. The fourth-order valence-corrected chi connectivity index (χ4v) is 4.66. The fraction of sp³-hybridized carbons (Fsp3) is 0.400. The van der Waals surface area contributed by atoms with Gasteiger partial charge in [0, 0.05) is 11.4 Å². The molecule has 2 heterocycles. The molecule has 0 N–H and O–H groups in total. The lowest BCUT2D eigenvalue weighted by Crippen LogP contribution is -2.43. The van der Waals surface area contributed by atoms with Gasteiger partial charge in [-0.3, -0.25) is 14.5 Å². The number of benzene rings is 2. The molecule has 8 heteroatoms. The van der Waals surface area contributed by atoms with E-state index >= 15 is 0 Å². The van der Waals surface area contributed by atoms with Crippen LogP contribution in [0.1, 0.15) is 43.4 Å². The number of ether oxygens (including phenoxy) is 1. The second-order valence-electron chi connectivity index (χ2n) is 8.34. The van der Waals surface area contributed by atoms with Gasteiger partial charge in [-0.1, -0.05) is 41.9 Å². The molecule has 1 unspecified atom stereocenters. The zero-order valence-corrected chi connectivity index (χ0v) is 19.3. The van der Waals surface area contributed by atoms with Crippen molar-refractivity contribution in [3.8, 4) is 0 Å². The van der Waals surface area contributed by atoms with Gasteiger partial charge in [0.25, 0.3) is 5.91 Å². The van der Waals surface area contributed by atoms with E-state index in [1.807, 2.05) is 23.1 Å². The highest BCUT2D eigenvalue weighted by molar-refractivity contribution is 6.31. The van der Waals surface area contributed by atoms with Crippen LogP contribution in [0.25, 0.3) is 0 Å². The standard InChI is InChI=1S/C25H27ClFN3O3/c1-2-33-25(32)18-11-13-29(14-12-18)16-24(31)30-23(20-5-3-4-6-21(20)26)15-22(28-30)17-7-9-19(27)10-8-17/h3-10,18,23H,2,11-16H2,1H3. The third-order valence-electron chi connectivity index (χ3n) is 6.17. The molecule has 2 aliphatic heterocycles. The molecule has 1 saturated heterocycles. The zero-order chi connectivity index (χ0) is 23.4. The van der Waals surface area contributed by atoms with E-state index < -0.39 is 0 Å². The van der Waals surface area contributed by atoms with Crippen LogP contribution in [0.5, 0.6) is 0 Å². The van der Waals surface area contributed by atoms with Crippen LogP contribution in [-0.4, -0.2) is 53.7 Å². The van der Waals surface area contributed by atoms with Crippen LogP contribution in [0.4, 0.5) is 4.39 Å². The maximum absolute atomic E-state index is 13.4. The molecule has 0 radical (unpaired) electrons. The van der Waals surface area contributed by atoms with Crippen LogP contribution in [0, 0.1) is 11.7 Å². The molecule has 0 aliphatic carbocycles. The molecule has 1 fully saturated rings. The number of amides is 1. The maximum Gasteiger partial charge on any atom is 0.309 e. The Hall–Kier alpha value is -2.77. The minimum Gasteiger partial charge on any atom is -0.466 e. The molecule has 0 saturated carbocycles. The largest absolute Gasteiger partial charge is 0.466 e. The quantitative estimate of drug-likeness (QED) is 0.585. The Labute approximate surface area is 198 Å². The number of halogens is 2. The number of hydrogen-bond acceptors (Lipinski definition) is 5. The number of esters is 1. The first-order chi connectivity index (χ1) is 16.0. The molecule has 0 aromatic heterocycles. The summed E-state index contributed by atoms with van der Waals surface area (Å²) in [6.07, 6.45) is 1.83. The van der Waals surface area contributed by atoms with E-state index in [4.69, 9.17) is 16.3 Å². The molecule has 2 aromatic carbocycles. The van der Waals surface area contributed by atoms with Gasteiger partial charge in [0.1, 0.15) is 5.82 Å². The van der Waals surface area contributed by atoms with E-state index in [1.54, 1.807) is 25.1 Å². The zero-order valence-electron chi connectivity index (χ0n) is 18.5. The molecule has 2 aliphatic rings. The fourth-order valence-electron chi connectivity index (χ4n) is 4.40. The Balaban J connectivity index is 1.49. The maximum atomic E-state index is 13.4. The molecule has 0 spiro atoms. The Morgan fingerprint density at radius 2 is 1.82 bits per heavy atom. The third kappa shape index (κ3) is 5.42. The van der Waals surface area contributed by atoms with E-state index in [-0.39, 0.29) is 36.2 Å². The highest BCUT2D eigenvalue weighted by atomic mass is 35.5. The molecule has 1 atom stereocenters. The SMILES string of the molecule is CCOC(=O)C1CCN(CC(=O)N2N=C(c3ccc(F)cc3)CC2c2ccccc2Cl)CC1. The summed E-state index contributed by atoms with van der Waals surface area (Å²) in [5.41, 5.74) is 2.32. The Morgan fingerprint density at radius 3 is 2.48 bits per heavy atom. The van der Waals surface area contributed by atoms with E-state index in [1.165, 1.54) is 17.1 Å². The number of hydrogen-bond donors (Lipinski definition) is 0. The van der Waals surface area contributed by atoms with Crippen molar-refractivity contribution in [2.24, 2.45) is 11.0 Å². The van der Waals surface area contributed by atoms with Crippen molar-refractivity contribution in [1.82, 2.24) is 9.91 Å². The summed E-state index contributed by atoms with van der Waals surface area (Å²) in [4.78, 5) is 27.4. The van der Waals surface area contributed by atoms with Gasteiger partial charge < -0.3 is 4.74 Å². The summed E-state index contributed by atoms with van der Waals surface area (Å²) >= 11 is 6.46. The van der Waals surface area contributed by atoms with Gasteiger partial charge in [-0.25, -0.2) is 9.40 Å². The minimum absolute atomic E-state index is 0.109. The first-order valence-corrected chi connectivity index (χ1v) is 11.6. The smallest absolute Gasteiger partial charge is 0.309 e. The van der Waals surface area contributed by atoms with Crippen LogP contribution < -0.4 is 0 Å². The molecular formula is C25H27ClFN3O3. The van der Waals surface area contributed by atoms with Gasteiger partial charge in [-0.15, -0.1) is 0 Å². The van der Waals surface area contributed by atoms with Crippen molar-refractivity contribution in [3.63, 3.8) is 0 Å². The molecule has 174 valence electrons. The van der Waals surface area contributed by atoms with Gasteiger partial charge in [0.2, 0.25) is 0 Å². The van der Waals surface area contributed by atoms with Crippen molar-refractivity contribution < 1.29 is 18.7 Å². The Kier molecular flexibility index (Phi) is 7.40. The number of rotatable bonds is 6. The number of carbonyl (C=O) groups is 2. The van der Waals surface area contributed by atoms with E-state index in [0.29, 0.717) is 49.7 Å². The summed E-state index contributed by atoms with van der Waals surface area (Å²) < 4.78 is 18.5. The second-order valence-corrected chi connectivity index (χ2v) is 8.74. The van der Waals surface area contributed by atoms with E-state index in [9.17, 15) is 14.0 Å². The number of likely N-dealkylation sites (tertiary alicyclic amines) is 1. The van der Waals surface area contributed by atoms with Gasteiger partial charge in [0.15, 0.2) is 0 Å². The highest BCUT2D eigenvalue weighted by Crippen LogP contribution is 2.36. The van der Waals surface area contributed by atoms with Crippen LogP contribution in [-0.2, 0) is 14.3 Å². The number of nitrogens with zero attached hydrogens (tertiary/aromatic N) is 3. The van der Waals surface area contributed by atoms with Crippen LogP contribution >= 0.6 is 11.6 Å². The summed E-state index contributed by atoms with van der Waals surface area (Å²) in [7, 11) is 0. The predicted octanol–water partition coefficient (Wildman–Crippen LogP) is 4.43. The van der Waals surface area contributed by atoms with Gasteiger partial charge >= 0.3 is 5.97 Å². The Morgan fingerprint density at radius 1 is 1.12 bits per heavy atom. The normalized spacial score (nSPS) is 19.4. The van der Waals surface area contributed by atoms with Gasteiger partial charge in [-0.2, -0.15) is 5.10 Å². The first-order valence-electron chi connectivity index (χ1n) is 11.2. The second kappa shape index (κ2) is 10.4. The van der Waals surface area contributed by atoms with E-state index in [2.05, 4.69) is 5.10 Å². The lowest BCUT2D eigenvalue weighted by Gasteiger charge is -2.32. The summed E-state index contributed by atoms with van der Waals surface area (Å²) in [5, 5.41) is 6.72. The van der Waals surface area contributed by atoms with Crippen molar-refractivity contribution in [1.29, 1.82) is 0 Å².